The fourth-order valence-electron chi connectivity index (χ4n) is 2.12. The number of alkyl halides is 3. The van der Waals surface area contributed by atoms with E-state index >= 15 is 0 Å². The molecule has 7 heteroatoms. The lowest BCUT2D eigenvalue weighted by atomic mass is 10.1. The van der Waals surface area contributed by atoms with E-state index < -0.39 is 17.8 Å². The van der Waals surface area contributed by atoms with Crippen molar-refractivity contribution in [3.05, 3.63) is 59.7 Å². The molecule has 0 saturated heterocycles. The van der Waals surface area contributed by atoms with Gasteiger partial charge in [0, 0.05) is 5.56 Å². The Bertz CT molecular complexity index is 823. The van der Waals surface area contributed by atoms with Crippen LogP contribution in [0.5, 0.6) is 5.75 Å². The van der Waals surface area contributed by atoms with Crippen molar-refractivity contribution in [2.45, 2.75) is 13.1 Å². The first-order chi connectivity index (χ1) is 12.4. The maximum absolute atomic E-state index is 12.9. The van der Waals surface area contributed by atoms with E-state index in [9.17, 15) is 18.0 Å². The summed E-state index contributed by atoms with van der Waals surface area (Å²) in [7, 11) is 0. The molecule has 2 aromatic carbocycles. The molecule has 0 heterocycles. The molecule has 0 saturated carbocycles. The predicted molar refractivity (Wildman–Crippen MR) is 93.0 cm³/mol. The predicted octanol–water partition coefficient (Wildman–Crippen LogP) is 4.28. The Morgan fingerprint density at radius 2 is 1.81 bits per heavy atom. The lowest BCUT2D eigenvalue weighted by Crippen LogP contribution is -2.29. The van der Waals surface area contributed by atoms with Crippen LogP contribution < -0.4 is 15.4 Å². The molecule has 0 bridgehead atoms. The first-order valence-electron chi connectivity index (χ1n) is 7.83. The van der Waals surface area contributed by atoms with Crippen molar-refractivity contribution in [1.82, 2.24) is 5.32 Å². The highest BCUT2D eigenvalue weighted by molar-refractivity contribution is 5.91. The number of benzene rings is 2. The lowest BCUT2D eigenvalue weighted by Gasteiger charge is -2.11. The van der Waals surface area contributed by atoms with Gasteiger partial charge in [0.15, 0.2) is 0 Å². The summed E-state index contributed by atoms with van der Waals surface area (Å²) >= 11 is 0. The van der Waals surface area contributed by atoms with Crippen molar-refractivity contribution in [2.75, 3.05) is 18.5 Å². The van der Waals surface area contributed by atoms with Gasteiger partial charge in [-0.2, -0.15) is 13.2 Å². The van der Waals surface area contributed by atoms with E-state index in [1.54, 1.807) is 24.3 Å². The monoisotopic (exact) mass is 362 g/mol. The van der Waals surface area contributed by atoms with E-state index in [-0.39, 0.29) is 12.1 Å². The summed E-state index contributed by atoms with van der Waals surface area (Å²) in [6.07, 6.45) is -4.47. The zero-order valence-electron chi connectivity index (χ0n) is 14.0. The number of rotatable bonds is 4. The van der Waals surface area contributed by atoms with Gasteiger partial charge < -0.3 is 15.4 Å². The molecule has 0 unspecified atom stereocenters. The molecule has 0 aliphatic carbocycles. The van der Waals surface area contributed by atoms with Gasteiger partial charge in [0.05, 0.1) is 24.4 Å². The quantitative estimate of drug-likeness (QED) is 0.798. The number of halogens is 3. The molecule has 0 aromatic heterocycles. The average Bonchev–Trinajstić information content (AvgIpc) is 2.60. The van der Waals surface area contributed by atoms with E-state index in [2.05, 4.69) is 22.5 Å². The smallest absolute Gasteiger partial charge is 0.417 e. The summed E-state index contributed by atoms with van der Waals surface area (Å²) < 4.78 is 44.0. The summed E-state index contributed by atoms with van der Waals surface area (Å²) in [5.74, 6) is 5.47. The van der Waals surface area contributed by atoms with Crippen LogP contribution in [0.15, 0.2) is 48.5 Å². The van der Waals surface area contributed by atoms with Gasteiger partial charge in [-0.05, 0) is 31.2 Å². The van der Waals surface area contributed by atoms with Crippen molar-refractivity contribution in [3.8, 4) is 17.6 Å². The standard InChI is InChI=1S/C19H17F3N2O2/c1-2-26-17-12-6-5-11-16(17)24-18(25)23-13-7-9-14-8-3-4-10-15(14)19(20,21)22/h3-6,8,10-12H,2,13H2,1H3,(H2,23,24,25). The molecule has 2 amide bonds. The number of carbonyl (C=O) groups is 1. The third kappa shape index (κ3) is 5.45. The van der Waals surface area contributed by atoms with E-state index in [1.807, 2.05) is 6.92 Å². The van der Waals surface area contributed by atoms with Crippen LogP contribution in [0.4, 0.5) is 23.7 Å². The first kappa shape index (κ1) is 19.2. The Balaban J connectivity index is 1.96. The molecule has 0 aliphatic heterocycles. The van der Waals surface area contributed by atoms with Gasteiger partial charge >= 0.3 is 12.2 Å². The number of ether oxygens (including phenoxy) is 1. The van der Waals surface area contributed by atoms with Crippen LogP contribution in [0.25, 0.3) is 0 Å². The maximum atomic E-state index is 12.9. The van der Waals surface area contributed by atoms with Crippen LogP contribution >= 0.6 is 0 Å². The molecular weight excluding hydrogens is 345 g/mol. The molecule has 2 N–H and O–H groups in total. The molecule has 4 nitrogen and oxygen atoms in total. The number of urea groups is 1. The second-order valence-corrected chi connectivity index (χ2v) is 5.08. The molecular formula is C19H17F3N2O2. The second-order valence-electron chi connectivity index (χ2n) is 5.08. The van der Waals surface area contributed by atoms with E-state index in [0.29, 0.717) is 18.0 Å². The number of hydrogen-bond acceptors (Lipinski definition) is 2. The Morgan fingerprint density at radius 1 is 1.12 bits per heavy atom. The third-order valence-electron chi connectivity index (χ3n) is 3.23. The van der Waals surface area contributed by atoms with E-state index in [4.69, 9.17) is 4.74 Å². The minimum atomic E-state index is -4.47. The highest BCUT2D eigenvalue weighted by Gasteiger charge is 2.32. The molecule has 2 rings (SSSR count). The number of amides is 2. The fourth-order valence-corrected chi connectivity index (χ4v) is 2.12. The second kappa shape index (κ2) is 8.81. The van der Waals surface area contributed by atoms with Gasteiger partial charge in [0.25, 0.3) is 0 Å². The normalized spacial score (nSPS) is 10.5. The number of para-hydroxylation sites is 2. The van der Waals surface area contributed by atoms with Crippen LogP contribution in [0.2, 0.25) is 0 Å². The Morgan fingerprint density at radius 3 is 2.54 bits per heavy atom. The van der Waals surface area contributed by atoms with E-state index in [0.717, 1.165) is 6.07 Å². The summed E-state index contributed by atoms with van der Waals surface area (Å²) in [5, 5.41) is 5.08. The summed E-state index contributed by atoms with van der Waals surface area (Å²) in [5.41, 5.74) is -0.450. The maximum Gasteiger partial charge on any atom is 0.417 e. The van der Waals surface area contributed by atoms with Crippen LogP contribution in [0, 0.1) is 11.8 Å². The summed E-state index contributed by atoms with van der Waals surface area (Å²) in [4.78, 5) is 11.9. The highest BCUT2D eigenvalue weighted by atomic mass is 19.4. The van der Waals surface area contributed by atoms with Crippen LogP contribution in [-0.2, 0) is 6.18 Å². The number of nitrogens with one attached hydrogen (secondary N) is 2. The highest BCUT2D eigenvalue weighted by Crippen LogP contribution is 2.31. The minimum Gasteiger partial charge on any atom is -0.492 e. The van der Waals surface area contributed by atoms with Crippen molar-refractivity contribution < 1.29 is 22.7 Å². The Kier molecular flexibility index (Phi) is 6.50. The molecule has 26 heavy (non-hydrogen) atoms. The molecule has 0 radical (unpaired) electrons. The first-order valence-corrected chi connectivity index (χ1v) is 7.83. The van der Waals surface area contributed by atoms with Crippen molar-refractivity contribution in [1.29, 1.82) is 0 Å². The van der Waals surface area contributed by atoms with Crippen LogP contribution in [0.3, 0.4) is 0 Å². The van der Waals surface area contributed by atoms with Crippen molar-refractivity contribution >= 4 is 11.7 Å². The van der Waals surface area contributed by atoms with Crippen LogP contribution in [0.1, 0.15) is 18.1 Å². The molecule has 2 aromatic rings. The van der Waals surface area contributed by atoms with Gasteiger partial charge in [0.2, 0.25) is 0 Å². The fraction of sp³-hybridized carbons (Fsp3) is 0.211. The topological polar surface area (TPSA) is 50.4 Å². The minimum absolute atomic E-state index is 0.102. The summed E-state index contributed by atoms with van der Waals surface area (Å²) in [6.45, 7) is 2.17. The molecule has 136 valence electrons. The SMILES string of the molecule is CCOc1ccccc1NC(=O)NCC#Cc1ccccc1C(F)(F)F. The zero-order chi connectivity index (χ0) is 19.0. The lowest BCUT2D eigenvalue weighted by molar-refractivity contribution is -0.137. The Labute approximate surface area is 149 Å². The van der Waals surface area contributed by atoms with Crippen LogP contribution in [-0.4, -0.2) is 19.2 Å². The number of anilines is 1. The number of carbonyl (C=O) groups excluding carboxylic acids is 1. The van der Waals surface area contributed by atoms with Gasteiger partial charge in [-0.3, -0.25) is 0 Å². The average molecular weight is 362 g/mol. The molecule has 0 aliphatic rings. The Hall–Kier alpha value is -3.14. The molecule has 0 spiro atoms. The van der Waals surface area contributed by atoms with Crippen molar-refractivity contribution in [2.24, 2.45) is 0 Å². The molecule has 0 fully saturated rings. The molecule has 0 atom stereocenters. The summed E-state index contributed by atoms with van der Waals surface area (Å²) in [6, 6.07) is 11.4. The van der Waals surface area contributed by atoms with Gasteiger partial charge in [-0.1, -0.05) is 36.1 Å². The third-order valence-corrected chi connectivity index (χ3v) is 3.23. The van der Waals surface area contributed by atoms with Gasteiger partial charge in [0.1, 0.15) is 5.75 Å². The van der Waals surface area contributed by atoms with Gasteiger partial charge in [-0.15, -0.1) is 0 Å². The van der Waals surface area contributed by atoms with Gasteiger partial charge in [-0.25, -0.2) is 4.79 Å². The zero-order valence-corrected chi connectivity index (χ0v) is 14.0. The largest absolute Gasteiger partial charge is 0.492 e. The van der Waals surface area contributed by atoms with Crippen molar-refractivity contribution in [3.63, 3.8) is 0 Å². The number of hydrogen-bond donors (Lipinski definition) is 2. The van der Waals surface area contributed by atoms with E-state index in [1.165, 1.54) is 18.2 Å².